The second-order valence-electron chi connectivity index (χ2n) is 6.03. The van der Waals surface area contributed by atoms with Gasteiger partial charge in [-0.05, 0) is 55.6 Å². The Morgan fingerprint density at radius 2 is 1.92 bits per heavy atom. The lowest BCUT2D eigenvalue weighted by molar-refractivity contribution is -0.116. The van der Waals surface area contributed by atoms with Gasteiger partial charge in [-0.25, -0.2) is 4.79 Å². The molecule has 0 radical (unpaired) electrons. The summed E-state index contributed by atoms with van der Waals surface area (Å²) in [5.74, 6) is 0.0627. The minimum absolute atomic E-state index is 0.0264. The molecule has 3 aromatic rings. The van der Waals surface area contributed by atoms with E-state index in [-0.39, 0.29) is 18.6 Å². The fraction of sp³-hybridized carbons (Fsp3) is 0.263. The molecule has 0 aliphatic carbocycles. The first-order valence-electron chi connectivity index (χ1n) is 8.19. The highest BCUT2D eigenvalue weighted by Crippen LogP contribution is 2.26. The molecule has 0 bridgehead atoms. The molecular weight excluding hydrogens is 352 g/mol. The Labute approximate surface area is 155 Å². The summed E-state index contributed by atoms with van der Waals surface area (Å²) in [6, 6.07) is 10.8. The van der Waals surface area contributed by atoms with Gasteiger partial charge in [0.2, 0.25) is 5.91 Å². The van der Waals surface area contributed by atoms with Gasteiger partial charge in [-0.1, -0.05) is 0 Å². The molecule has 6 nitrogen and oxygen atoms in total. The monoisotopic (exact) mass is 372 g/mol. The van der Waals surface area contributed by atoms with Gasteiger partial charge >= 0.3 is 5.97 Å². The van der Waals surface area contributed by atoms with E-state index in [1.54, 1.807) is 55.9 Å². The highest BCUT2D eigenvalue weighted by atomic mass is 32.1. The van der Waals surface area contributed by atoms with Crippen LogP contribution in [0, 0.1) is 0 Å². The molecule has 2 heterocycles. The van der Waals surface area contributed by atoms with Crippen LogP contribution >= 0.6 is 11.3 Å². The number of carbonyl (C=O) groups excluding carboxylic acids is 2. The number of ether oxygens (including phenoxy) is 2. The minimum atomic E-state index is -0.430. The van der Waals surface area contributed by atoms with E-state index in [0.29, 0.717) is 17.1 Å². The lowest BCUT2D eigenvalue weighted by Gasteiger charge is -2.12. The van der Waals surface area contributed by atoms with E-state index < -0.39 is 5.97 Å². The molecule has 0 aliphatic rings. The Morgan fingerprint density at radius 3 is 2.58 bits per heavy atom. The standard InChI is InChI=1S/C19H20N2O4S/c1-12(2)25-19(23)16-10-13-8-9-26-18(13)21(16)11-17(22)20-14-4-6-15(24-3)7-5-14/h4-10,12H,11H2,1-3H3,(H,20,22). The fourth-order valence-corrected chi connectivity index (χ4v) is 3.49. The summed E-state index contributed by atoms with van der Waals surface area (Å²) in [5.41, 5.74) is 1.04. The molecule has 136 valence electrons. The van der Waals surface area contributed by atoms with Crippen LogP contribution in [0.3, 0.4) is 0 Å². The molecule has 0 unspecified atom stereocenters. The van der Waals surface area contributed by atoms with E-state index >= 15 is 0 Å². The van der Waals surface area contributed by atoms with Crippen molar-refractivity contribution in [3.63, 3.8) is 0 Å². The van der Waals surface area contributed by atoms with E-state index in [4.69, 9.17) is 9.47 Å². The molecule has 0 aliphatic heterocycles. The van der Waals surface area contributed by atoms with Gasteiger partial charge in [-0.3, -0.25) is 4.79 Å². The Morgan fingerprint density at radius 1 is 1.19 bits per heavy atom. The van der Waals surface area contributed by atoms with E-state index in [1.807, 2.05) is 11.4 Å². The Hall–Kier alpha value is -2.80. The van der Waals surface area contributed by atoms with Crippen molar-refractivity contribution in [2.45, 2.75) is 26.5 Å². The van der Waals surface area contributed by atoms with Crippen molar-refractivity contribution in [2.24, 2.45) is 0 Å². The molecule has 0 saturated heterocycles. The topological polar surface area (TPSA) is 69.6 Å². The molecule has 0 spiro atoms. The smallest absolute Gasteiger partial charge is 0.355 e. The highest BCUT2D eigenvalue weighted by molar-refractivity contribution is 7.16. The zero-order chi connectivity index (χ0) is 18.7. The van der Waals surface area contributed by atoms with Crippen LogP contribution in [0.15, 0.2) is 41.8 Å². The van der Waals surface area contributed by atoms with Crippen LogP contribution in [0.5, 0.6) is 5.75 Å². The second kappa shape index (κ2) is 7.61. The van der Waals surface area contributed by atoms with Crippen LogP contribution in [-0.2, 0) is 16.1 Å². The van der Waals surface area contributed by atoms with Crippen molar-refractivity contribution in [1.82, 2.24) is 4.57 Å². The quantitative estimate of drug-likeness (QED) is 0.666. The third-order valence-corrected chi connectivity index (χ3v) is 4.68. The van der Waals surface area contributed by atoms with Gasteiger partial charge in [-0.2, -0.15) is 0 Å². The molecule has 1 aromatic carbocycles. The minimum Gasteiger partial charge on any atom is -0.497 e. The summed E-state index contributed by atoms with van der Waals surface area (Å²) >= 11 is 1.48. The van der Waals surface area contributed by atoms with Gasteiger partial charge < -0.3 is 19.4 Å². The molecule has 2 aromatic heterocycles. The van der Waals surface area contributed by atoms with Crippen molar-refractivity contribution in [3.05, 3.63) is 47.5 Å². The zero-order valence-corrected chi connectivity index (χ0v) is 15.6. The number of thiophene rings is 1. The maximum absolute atomic E-state index is 12.5. The third kappa shape index (κ3) is 3.88. The van der Waals surface area contributed by atoms with Crippen molar-refractivity contribution in [3.8, 4) is 5.75 Å². The number of amides is 1. The summed E-state index contributed by atoms with van der Waals surface area (Å²) in [6.07, 6.45) is -0.225. The molecule has 1 amide bonds. The highest BCUT2D eigenvalue weighted by Gasteiger charge is 2.20. The van der Waals surface area contributed by atoms with E-state index in [9.17, 15) is 9.59 Å². The normalized spacial score (nSPS) is 10.9. The number of benzene rings is 1. The Bertz CT molecular complexity index is 925. The zero-order valence-electron chi connectivity index (χ0n) is 14.8. The van der Waals surface area contributed by atoms with E-state index in [0.717, 1.165) is 10.2 Å². The second-order valence-corrected chi connectivity index (χ2v) is 6.92. The van der Waals surface area contributed by atoms with Crippen LogP contribution in [0.25, 0.3) is 10.2 Å². The first kappa shape index (κ1) is 18.0. The third-order valence-electron chi connectivity index (χ3n) is 3.73. The molecular formula is C19H20N2O4S. The molecule has 0 saturated carbocycles. The number of anilines is 1. The molecule has 3 rings (SSSR count). The number of carbonyl (C=O) groups is 2. The number of esters is 1. The lowest BCUT2D eigenvalue weighted by Crippen LogP contribution is -2.22. The van der Waals surface area contributed by atoms with Gasteiger partial charge in [0.25, 0.3) is 0 Å². The molecule has 0 fully saturated rings. The number of aromatic nitrogens is 1. The predicted molar refractivity (Wildman–Crippen MR) is 102 cm³/mol. The summed E-state index contributed by atoms with van der Waals surface area (Å²) in [4.78, 5) is 25.7. The van der Waals surface area contributed by atoms with Crippen molar-refractivity contribution in [2.75, 3.05) is 12.4 Å². The van der Waals surface area contributed by atoms with Gasteiger partial charge in [0.1, 0.15) is 22.8 Å². The first-order chi connectivity index (χ1) is 12.5. The van der Waals surface area contributed by atoms with Crippen LogP contribution in [0.4, 0.5) is 5.69 Å². The van der Waals surface area contributed by atoms with Gasteiger partial charge in [-0.15, -0.1) is 11.3 Å². The molecule has 7 heteroatoms. The molecule has 0 atom stereocenters. The van der Waals surface area contributed by atoms with E-state index in [1.165, 1.54) is 11.3 Å². The predicted octanol–water partition coefficient (Wildman–Crippen LogP) is 3.92. The average molecular weight is 372 g/mol. The van der Waals surface area contributed by atoms with E-state index in [2.05, 4.69) is 5.32 Å². The van der Waals surface area contributed by atoms with Gasteiger partial charge in [0.05, 0.1) is 13.2 Å². The number of nitrogens with one attached hydrogen (secondary N) is 1. The van der Waals surface area contributed by atoms with Gasteiger partial charge in [0.15, 0.2) is 0 Å². The fourth-order valence-electron chi connectivity index (χ4n) is 2.59. The molecule has 26 heavy (non-hydrogen) atoms. The summed E-state index contributed by atoms with van der Waals surface area (Å²) in [7, 11) is 1.59. The lowest BCUT2D eigenvalue weighted by atomic mass is 10.3. The van der Waals surface area contributed by atoms with Gasteiger partial charge in [0, 0.05) is 11.1 Å². The number of methoxy groups -OCH3 is 1. The maximum Gasteiger partial charge on any atom is 0.355 e. The van der Waals surface area contributed by atoms with Crippen molar-refractivity contribution in [1.29, 1.82) is 0 Å². The van der Waals surface area contributed by atoms with Crippen molar-refractivity contribution < 1.29 is 19.1 Å². The number of nitrogens with zero attached hydrogens (tertiary/aromatic N) is 1. The number of rotatable bonds is 6. The van der Waals surface area contributed by atoms with Crippen LogP contribution < -0.4 is 10.1 Å². The summed E-state index contributed by atoms with van der Waals surface area (Å²) < 4.78 is 12.1. The Kier molecular flexibility index (Phi) is 5.27. The maximum atomic E-state index is 12.5. The summed E-state index contributed by atoms with van der Waals surface area (Å²) in [6.45, 7) is 3.62. The Balaban J connectivity index is 1.81. The van der Waals surface area contributed by atoms with Crippen LogP contribution in [-0.4, -0.2) is 29.7 Å². The van der Waals surface area contributed by atoms with Crippen LogP contribution in [0.1, 0.15) is 24.3 Å². The van der Waals surface area contributed by atoms with Crippen LogP contribution in [0.2, 0.25) is 0 Å². The largest absolute Gasteiger partial charge is 0.497 e. The summed E-state index contributed by atoms with van der Waals surface area (Å²) in [5, 5.41) is 5.68. The number of hydrogen-bond donors (Lipinski definition) is 1. The number of hydrogen-bond acceptors (Lipinski definition) is 5. The average Bonchev–Trinajstić information content (AvgIpc) is 3.17. The molecule has 1 N–H and O–H groups in total. The van der Waals surface area contributed by atoms with Crippen molar-refractivity contribution >= 4 is 39.1 Å². The SMILES string of the molecule is COc1ccc(NC(=O)Cn2c(C(=O)OC(C)C)cc3ccsc32)cc1. The first-order valence-corrected chi connectivity index (χ1v) is 9.07. The number of fused-ring (bicyclic) bond motifs is 1.